The van der Waals surface area contributed by atoms with Crippen molar-refractivity contribution in [1.82, 2.24) is 9.97 Å². The van der Waals surface area contributed by atoms with Gasteiger partial charge in [-0.3, -0.25) is 0 Å². The van der Waals surface area contributed by atoms with Crippen molar-refractivity contribution < 1.29 is 4.74 Å². The lowest BCUT2D eigenvalue weighted by molar-refractivity contribution is 0.181. The van der Waals surface area contributed by atoms with E-state index in [2.05, 4.69) is 30.0 Å². The summed E-state index contributed by atoms with van der Waals surface area (Å²) in [4.78, 5) is 8.32. The van der Waals surface area contributed by atoms with E-state index in [4.69, 9.17) is 4.74 Å². The Morgan fingerprint density at radius 1 is 1.58 bits per heavy atom. The average molecular weight is 165 g/mol. The number of hydrogen-bond acceptors (Lipinski definition) is 3. The molecule has 0 aliphatic heterocycles. The summed E-state index contributed by atoms with van der Waals surface area (Å²) in [7, 11) is 1.65. The normalized spacial score (nSPS) is 10.7. The highest BCUT2D eigenvalue weighted by molar-refractivity contribution is 5.02. The minimum absolute atomic E-state index is 0.345. The van der Waals surface area contributed by atoms with Gasteiger partial charge in [-0.05, 0) is 6.07 Å². The van der Waals surface area contributed by atoms with Crippen molar-refractivity contribution in [2.24, 2.45) is 0 Å². The van der Waals surface area contributed by atoms with E-state index in [-0.39, 0.29) is 0 Å². The smallest absolute Gasteiger partial charge is 0.131 e. The molecule has 1 radical (unpaired) electrons. The second-order valence-electron chi connectivity index (χ2n) is 2.93. The van der Waals surface area contributed by atoms with Crippen molar-refractivity contribution in [2.45, 2.75) is 26.4 Å². The molecular formula is C9H13N2O. The fourth-order valence-corrected chi connectivity index (χ4v) is 0.857. The number of rotatable bonds is 3. The Bertz CT molecular complexity index is 248. The molecule has 0 bridgehead atoms. The predicted octanol–water partition coefficient (Wildman–Crippen LogP) is 1.55. The molecule has 0 atom stereocenters. The second kappa shape index (κ2) is 4.16. The molecule has 0 aliphatic rings. The highest BCUT2D eigenvalue weighted by atomic mass is 16.5. The molecule has 0 saturated heterocycles. The molecule has 0 spiro atoms. The maximum Gasteiger partial charge on any atom is 0.131 e. The van der Waals surface area contributed by atoms with Crippen LogP contribution in [0.1, 0.15) is 31.3 Å². The summed E-state index contributed by atoms with van der Waals surface area (Å²) >= 11 is 0. The maximum atomic E-state index is 4.95. The van der Waals surface area contributed by atoms with Crippen molar-refractivity contribution in [3.63, 3.8) is 0 Å². The lowest BCUT2D eigenvalue weighted by Gasteiger charge is -2.04. The molecule has 0 aliphatic carbocycles. The van der Waals surface area contributed by atoms with Crippen molar-refractivity contribution >= 4 is 0 Å². The minimum Gasteiger partial charge on any atom is -0.378 e. The maximum absolute atomic E-state index is 4.95. The topological polar surface area (TPSA) is 35.0 Å². The lowest BCUT2D eigenvalue weighted by Crippen LogP contribution is -2.01. The molecule has 3 heteroatoms. The number of aromatic nitrogens is 2. The molecule has 1 heterocycles. The van der Waals surface area contributed by atoms with Gasteiger partial charge in [-0.25, -0.2) is 9.97 Å². The molecule has 0 saturated carbocycles. The Kier molecular flexibility index (Phi) is 3.17. The van der Waals surface area contributed by atoms with Gasteiger partial charge in [-0.2, -0.15) is 0 Å². The van der Waals surface area contributed by atoms with Crippen LogP contribution in [-0.2, 0) is 11.3 Å². The third-order valence-corrected chi connectivity index (χ3v) is 1.48. The van der Waals surface area contributed by atoms with E-state index in [9.17, 15) is 0 Å². The van der Waals surface area contributed by atoms with Gasteiger partial charge in [0.05, 0.1) is 18.5 Å². The van der Waals surface area contributed by atoms with Crippen LogP contribution in [0.15, 0.2) is 6.07 Å². The second-order valence-corrected chi connectivity index (χ2v) is 2.93. The van der Waals surface area contributed by atoms with Gasteiger partial charge in [0.2, 0.25) is 0 Å². The zero-order valence-corrected chi connectivity index (χ0v) is 7.66. The Morgan fingerprint density at radius 3 is 2.92 bits per heavy atom. The summed E-state index contributed by atoms with van der Waals surface area (Å²) in [6, 6.07) is 1.75. The monoisotopic (exact) mass is 165 g/mol. The Morgan fingerprint density at radius 2 is 2.33 bits per heavy atom. The van der Waals surface area contributed by atoms with Gasteiger partial charge in [-0.1, -0.05) is 13.8 Å². The number of ether oxygens (including phenoxy) is 1. The fraction of sp³-hybridized carbons (Fsp3) is 0.556. The van der Waals surface area contributed by atoms with Crippen LogP contribution in [0.4, 0.5) is 0 Å². The molecule has 65 valence electrons. The highest BCUT2D eigenvalue weighted by Gasteiger charge is 2.02. The predicted molar refractivity (Wildman–Crippen MR) is 45.7 cm³/mol. The standard InChI is InChI=1S/C9H13N2O/c1-7(2)9-10-5-4-8(11-9)6-12-3/h4,7H,6H2,1-3H3. The third kappa shape index (κ3) is 2.27. The quantitative estimate of drug-likeness (QED) is 0.681. The first-order chi connectivity index (χ1) is 5.74. The van der Waals surface area contributed by atoms with Crippen LogP contribution >= 0.6 is 0 Å². The first-order valence-corrected chi connectivity index (χ1v) is 3.97. The summed E-state index contributed by atoms with van der Waals surface area (Å²) in [5, 5.41) is 0. The Labute approximate surface area is 72.8 Å². The molecular weight excluding hydrogens is 152 g/mol. The SMILES string of the molecule is COCc1c[c]nc(C(C)C)n1. The van der Waals surface area contributed by atoms with E-state index in [1.165, 1.54) is 0 Å². The largest absolute Gasteiger partial charge is 0.378 e. The minimum atomic E-state index is 0.345. The average Bonchev–Trinajstić information content (AvgIpc) is 2.05. The van der Waals surface area contributed by atoms with Crippen molar-refractivity contribution in [3.8, 4) is 0 Å². The Hall–Kier alpha value is -0.960. The molecule has 1 aromatic heterocycles. The molecule has 0 amide bonds. The highest BCUT2D eigenvalue weighted by Crippen LogP contribution is 2.07. The van der Waals surface area contributed by atoms with Crippen LogP contribution in [0.25, 0.3) is 0 Å². The van der Waals surface area contributed by atoms with E-state index >= 15 is 0 Å². The van der Waals surface area contributed by atoms with Gasteiger partial charge < -0.3 is 4.74 Å². The van der Waals surface area contributed by atoms with Gasteiger partial charge in [0.1, 0.15) is 5.82 Å². The molecule has 0 unspecified atom stereocenters. The molecule has 0 aromatic carbocycles. The summed E-state index contributed by atoms with van der Waals surface area (Å²) in [6.45, 7) is 4.64. The molecule has 12 heavy (non-hydrogen) atoms. The Balaban J connectivity index is 2.81. The summed E-state index contributed by atoms with van der Waals surface area (Å²) in [6.07, 6.45) is 2.80. The molecule has 1 rings (SSSR count). The van der Waals surface area contributed by atoms with Crippen LogP contribution in [-0.4, -0.2) is 17.1 Å². The lowest BCUT2D eigenvalue weighted by atomic mass is 10.2. The van der Waals surface area contributed by atoms with Crippen LogP contribution in [0.3, 0.4) is 0 Å². The zero-order chi connectivity index (χ0) is 8.97. The van der Waals surface area contributed by atoms with Gasteiger partial charge in [0.15, 0.2) is 0 Å². The van der Waals surface area contributed by atoms with Gasteiger partial charge in [0.25, 0.3) is 0 Å². The van der Waals surface area contributed by atoms with Crippen LogP contribution in [0, 0.1) is 6.20 Å². The van der Waals surface area contributed by atoms with Gasteiger partial charge >= 0.3 is 0 Å². The van der Waals surface area contributed by atoms with E-state index in [1.54, 1.807) is 13.2 Å². The van der Waals surface area contributed by atoms with E-state index < -0.39 is 0 Å². The van der Waals surface area contributed by atoms with Crippen molar-refractivity contribution in [1.29, 1.82) is 0 Å². The van der Waals surface area contributed by atoms with E-state index in [1.807, 2.05) is 0 Å². The molecule has 1 aromatic rings. The van der Waals surface area contributed by atoms with E-state index in [0.717, 1.165) is 11.5 Å². The number of hydrogen-bond donors (Lipinski definition) is 0. The fourth-order valence-electron chi connectivity index (χ4n) is 0.857. The summed E-state index contributed by atoms with van der Waals surface area (Å²) in [5.41, 5.74) is 0.885. The van der Waals surface area contributed by atoms with Crippen molar-refractivity contribution in [2.75, 3.05) is 7.11 Å². The van der Waals surface area contributed by atoms with Crippen LogP contribution < -0.4 is 0 Å². The third-order valence-electron chi connectivity index (χ3n) is 1.48. The van der Waals surface area contributed by atoms with Crippen LogP contribution in [0.2, 0.25) is 0 Å². The van der Waals surface area contributed by atoms with E-state index in [0.29, 0.717) is 12.5 Å². The zero-order valence-electron chi connectivity index (χ0n) is 7.66. The van der Waals surface area contributed by atoms with Crippen molar-refractivity contribution in [3.05, 3.63) is 23.8 Å². The molecule has 3 nitrogen and oxygen atoms in total. The van der Waals surface area contributed by atoms with Gasteiger partial charge in [-0.15, -0.1) is 0 Å². The number of nitrogens with zero attached hydrogens (tertiary/aromatic N) is 2. The van der Waals surface area contributed by atoms with Gasteiger partial charge in [0, 0.05) is 13.0 Å². The first-order valence-electron chi connectivity index (χ1n) is 3.97. The first kappa shape index (κ1) is 9.13. The summed E-state index contributed by atoms with van der Waals surface area (Å²) < 4.78 is 4.95. The molecule has 0 N–H and O–H groups in total. The molecule has 0 fully saturated rings. The van der Waals surface area contributed by atoms with Crippen LogP contribution in [0.5, 0.6) is 0 Å². The number of methoxy groups -OCH3 is 1. The summed E-state index contributed by atoms with van der Waals surface area (Å²) in [5.74, 6) is 1.17.